The van der Waals surface area contributed by atoms with Crippen LogP contribution in [-0.4, -0.2) is 58.2 Å². The zero-order valence-electron chi connectivity index (χ0n) is 18.4. The molecule has 1 saturated heterocycles. The number of carbonyl (C=O) groups is 1. The number of hydrogen-bond acceptors (Lipinski definition) is 6. The minimum absolute atomic E-state index is 0.00335. The number of aliphatic hydroxyl groups is 1. The molecule has 4 rings (SSSR count). The van der Waals surface area contributed by atoms with Gasteiger partial charge in [-0.05, 0) is 30.7 Å². The Kier molecular flexibility index (Phi) is 6.33. The Labute approximate surface area is 187 Å². The van der Waals surface area contributed by atoms with Crippen LogP contribution in [-0.2, 0) is 4.79 Å². The summed E-state index contributed by atoms with van der Waals surface area (Å²) in [6.45, 7) is 5.39. The van der Waals surface area contributed by atoms with Gasteiger partial charge in [-0.3, -0.25) is 4.79 Å². The van der Waals surface area contributed by atoms with Gasteiger partial charge in [0.2, 0.25) is 5.91 Å². The van der Waals surface area contributed by atoms with Crippen molar-refractivity contribution in [2.24, 2.45) is 5.92 Å². The van der Waals surface area contributed by atoms with Gasteiger partial charge in [0.05, 0.1) is 35.3 Å². The van der Waals surface area contributed by atoms with Crippen LogP contribution in [0.3, 0.4) is 0 Å². The number of aromatic nitrogens is 2. The van der Waals surface area contributed by atoms with Gasteiger partial charge in [0, 0.05) is 31.1 Å². The van der Waals surface area contributed by atoms with Crippen molar-refractivity contribution in [3.63, 3.8) is 0 Å². The maximum Gasteiger partial charge on any atom is 0.225 e. The second-order valence-corrected chi connectivity index (χ2v) is 8.38. The van der Waals surface area contributed by atoms with Gasteiger partial charge >= 0.3 is 0 Å². The van der Waals surface area contributed by atoms with E-state index in [2.05, 4.69) is 11.0 Å². The number of anilines is 1. The van der Waals surface area contributed by atoms with Crippen molar-refractivity contribution in [2.45, 2.75) is 26.3 Å². The van der Waals surface area contributed by atoms with Crippen LogP contribution in [0.15, 0.2) is 48.5 Å². The molecule has 1 atom stereocenters. The second-order valence-electron chi connectivity index (χ2n) is 8.38. The van der Waals surface area contributed by atoms with Crippen molar-refractivity contribution in [2.75, 3.05) is 31.1 Å². The molecule has 1 amide bonds. The van der Waals surface area contributed by atoms with Crippen LogP contribution in [0.2, 0.25) is 0 Å². The smallest absolute Gasteiger partial charge is 0.225 e. The molecule has 7 heteroatoms. The molecule has 3 aromatic rings. The molecule has 2 aromatic carbocycles. The molecule has 1 aromatic heterocycles. The van der Waals surface area contributed by atoms with E-state index in [1.165, 1.54) is 0 Å². The number of carbonyl (C=O) groups excluding carboxylic acids is 1. The number of hydrogen-bond donors (Lipinski definition) is 1. The maximum atomic E-state index is 12.7. The first-order chi connectivity index (χ1) is 15.5. The van der Waals surface area contributed by atoms with E-state index in [4.69, 9.17) is 9.97 Å². The summed E-state index contributed by atoms with van der Waals surface area (Å²) in [5.41, 5.74) is 3.73. The average molecular weight is 430 g/mol. The summed E-state index contributed by atoms with van der Waals surface area (Å²) in [6.07, 6.45) is 0.796. The fourth-order valence-corrected chi connectivity index (χ4v) is 4.24. The first kappa shape index (κ1) is 21.7. The molecular weight excluding hydrogens is 402 g/mol. The maximum absolute atomic E-state index is 12.7. The van der Waals surface area contributed by atoms with Crippen LogP contribution in [0, 0.1) is 17.2 Å². The third-order valence-corrected chi connectivity index (χ3v) is 5.84. The molecule has 1 fully saturated rings. The van der Waals surface area contributed by atoms with Gasteiger partial charge < -0.3 is 14.9 Å². The Bertz CT molecular complexity index is 1170. The van der Waals surface area contributed by atoms with E-state index in [1.54, 1.807) is 11.0 Å². The van der Waals surface area contributed by atoms with Gasteiger partial charge in [0.25, 0.3) is 0 Å². The predicted octanol–water partition coefficient (Wildman–Crippen LogP) is 3.22. The average Bonchev–Trinajstić information content (AvgIpc) is 3.31. The number of nitrogens with zero attached hydrogens (tertiary/aromatic N) is 5. The number of aliphatic hydroxyl groups excluding tert-OH is 1. The van der Waals surface area contributed by atoms with Gasteiger partial charge in [0.15, 0.2) is 5.82 Å². The van der Waals surface area contributed by atoms with E-state index in [-0.39, 0.29) is 24.5 Å². The molecular formula is C25H27N5O2. The molecule has 1 aliphatic heterocycles. The Balaban J connectivity index is 1.73. The van der Waals surface area contributed by atoms with Crippen molar-refractivity contribution in [3.05, 3.63) is 54.1 Å². The van der Waals surface area contributed by atoms with Crippen molar-refractivity contribution in [3.8, 4) is 17.3 Å². The molecule has 0 spiro atoms. The lowest BCUT2D eigenvalue weighted by atomic mass is 10.1. The molecule has 32 heavy (non-hydrogen) atoms. The van der Waals surface area contributed by atoms with Crippen molar-refractivity contribution in [1.82, 2.24) is 14.9 Å². The Hall–Kier alpha value is -3.50. The highest BCUT2D eigenvalue weighted by Gasteiger charge is 2.33. The first-order valence-electron chi connectivity index (χ1n) is 11.0. The first-order valence-corrected chi connectivity index (χ1v) is 11.0. The number of rotatable bonds is 6. The third kappa shape index (κ3) is 4.27. The summed E-state index contributed by atoms with van der Waals surface area (Å²) >= 11 is 0. The summed E-state index contributed by atoms with van der Waals surface area (Å²) < 4.78 is 0. The van der Waals surface area contributed by atoms with Gasteiger partial charge in [0.1, 0.15) is 5.69 Å². The molecule has 0 bridgehead atoms. The third-order valence-electron chi connectivity index (χ3n) is 5.84. The van der Waals surface area contributed by atoms with Crippen molar-refractivity contribution in [1.29, 1.82) is 5.26 Å². The van der Waals surface area contributed by atoms with E-state index < -0.39 is 0 Å². The monoisotopic (exact) mass is 429 g/mol. The Morgan fingerprint density at radius 2 is 1.97 bits per heavy atom. The zero-order chi connectivity index (χ0) is 22.7. The molecule has 0 radical (unpaired) electrons. The number of benzene rings is 2. The fraction of sp³-hybridized carbons (Fsp3) is 0.360. The van der Waals surface area contributed by atoms with Crippen LogP contribution in [0.1, 0.15) is 25.8 Å². The van der Waals surface area contributed by atoms with Gasteiger partial charge in [-0.1, -0.05) is 38.1 Å². The molecule has 1 aliphatic rings. The Morgan fingerprint density at radius 3 is 2.66 bits per heavy atom. The van der Waals surface area contributed by atoms with Crippen LogP contribution in [0.4, 0.5) is 5.82 Å². The van der Waals surface area contributed by atoms with Crippen molar-refractivity contribution >= 4 is 22.8 Å². The van der Waals surface area contributed by atoms with Gasteiger partial charge in [-0.15, -0.1) is 0 Å². The number of nitriles is 1. The van der Waals surface area contributed by atoms with Crippen LogP contribution in [0.5, 0.6) is 0 Å². The molecule has 0 saturated carbocycles. The molecule has 0 aliphatic carbocycles. The van der Waals surface area contributed by atoms with Gasteiger partial charge in [-0.2, -0.15) is 5.26 Å². The Morgan fingerprint density at radius 1 is 1.22 bits per heavy atom. The zero-order valence-corrected chi connectivity index (χ0v) is 18.4. The predicted molar refractivity (Wildman–Crippen MR) is 124 cm³/mol. The highest BCUT2D eigenvalue weighted by molar-refractivity contribution is 5.84. The topological polar surface area (TPSA) is 93.3 Å². The number of amides is 1. The molecule has 1 N–H and O–H groups in total. The van der Waals surface area contributed by atoms with Crippen molar-refractivity contribution < 1.29 is 9.90 Å². The number of para-hydroxylation sites is 2. The molecule has 2 heterocycles. The standard InChI is InChI=1S/C25H27N5O2/c1-17(2)25(32)30(12-13-31)20-10-11-29(16-20)24-23(19-7-5-6-18(14-19)15-26)27-21-8-3-4-9-22(21)28-24/h3-9,14,17,20,31H,10-13,16H2,1-2H3/t20-/m0/s1. The highest BCUT2D eigenvalue weighted by atomic mass is 16.3. The summed E-state index contributed by atoms with van der Waals surface area (Å²) in [4.78, 5) is 26.5. The minimum Gasteiger partial charge on any atom is -0.395 e. The van der Waals surface area contributed by atoms with E-state index in [0.717, 1.165) is 41.1 Å². The van der Waals surface area contributed by atoms with Crippen LogP contribution < -0.4 is 4.90 Å². The van der Waals surface area contributed by atoms with Gasteiger partial charge in [-0.25, -0.2) is 9.97 Å². The summed E-state index contributed by atoms with van der Waals surface area (Å²) in [6, 6.07) is 17.3. The molecule has 164 valence electrons. The lowest BCUT2D eigenvalue weighted by Gasteiger charge is -2.30. The second kappa shape index (κ2) is 9.33. The highest BCUT2D eigenvalue weighted by Crippen LogP contribution is 2.33. The van der Waals surface area contributed by atoms with Crippen LogP contribution in [0.25, 0.3) is 22.3 Å². The SMILES string of the molecule is CC(C)C(=O)N(CCO)[C@H]1CCN(c2nc3ccccc3nc2-c2cccc(C#N)c2)C1. The number of fused-ring (bicyclic) bond motifs is 1. The largest absolute Gasteiger partial charge is 0.395 e. The summed E-state index contributed by atoms with van der Waals surface area (Å²) in [5, 5.41) is 18.9. The quantitative estimate of drug-likeness (QED) is 0.647. The van der Waals surface area contributed by atoms with Crippen LogP contribution >= 0.6 is 0 Å². The van der Waals surface area contributed by atoms with E-state index in [0.29, 0.717) is 18.7 Å². The summed E-state index contributed by atoms with van der Waals surface area (Å²) in [5.74, 6) is 0.681. The van der Waals surface area contributed by atoms with E-state index >= 15 is 0 Å². The summed E-state index contributed by atoms with van der Waals surface area (Å²) in [7, 11) is 0. The normalized spacial score (nSPS) is 15.8. The van der Waals surface area contributed by atoms with E-state index in [9.17, 15) is 15.2 Å². The lowest BCUT2D eigenvalue weighted by Crippen LogP contribution is -2.45. The minimum atomic E-state index is -0.125. The van der Waals surface area contributed by atoms with E-state index in [1.807, 2.05) is 56.3 Å². The lowest BCUT2D eigenvalue weighted by molar-refractivity contribution is -0.137. The molecule has 7 nitrogen and oxygen atoms in total. The molecule has 0 unspecified atom stereocenters. The fourth-order valence-electron chi connectivity index (χ4n) is 4.24.